The van der Waals surface area contributed by atoms with Crippen molar-refractivity contribution in [1.29, 1.82) is 0 Å². The van der Waals surface area contributed by atoms with Gasteiger partial charge in [-0.2, -0.15) is 4.39 Å². The Morgan fingerprint density at radius 2 is 1.84 bits per heavy atom. The van der Waals surface area contributed by atoms with Crippen molar-refractivity contribution >= 4 is 15.6 Å². The summed E-state index contributed by atoms with van der Waals surface area (Å²) in [6.07, 6.45) is 2.01. The number of hydrogen-bond donors (Lipinski definition) is 0. The number of halogens is 1. The van der Waals surface area contributed by atoms with Crippen LogP contribution in [0.1, 0.15) is 36.2 Å². The molecule has 6 heteroatoms. The van der Waals surface area contributed by atoms with Crippen LogP contribution in [-0.4, -0.2) is 29.7 Å². The van der Waals surface area contributed by atoms with Crippen molar-refractivity contribution in [3.8, 4) is 0 Å². The van der Waals surface area contributed by atoms with Crippen LogP contribution in [0.25, 0.3) is 0 Å². The quantitative estimate of drug-likeness (QED) is 0.613. The van der Waals surface area contributed by atoms with Gasteiger partial charge in [-0.3, -0.25) is 4.79 Å². The predicted molar refractivity (Wildman–Crippen MR) is 67.0 cm³/mol. The lowest BCUT2D eigenvalue weighted by Crippen LogP contribution is -2.36. The SMILES string of the molecule is O=C(c1cccc(F)n1)C1CC2CCC(C1)S2(=O)=O. The number of hydrogen-bond acceptors (Lipinski definition) is 4. The Labute approximate surface area is 111 Å². The van der Waals surface area contributed by atoms with Crippen molar-refractivity contribution in [3.63, 3.8) is 0 Å². The number of carbonyl (C=O) groups excluding carboxylic acids is 1. The third kappa shape index (κ3) is 2.08. The summed E-state index contributed by atoms with van der Waals surface area (Å²) >= 11 is 0. The van der Waals surface area contributed by atoms with Gasteiger partial charge in [0.05, 0.1) is 10.5 Å². The first kappa shape index (κ1) is 12.7. The van der Waals surface area contributed by atoms with Gasteiger partial charge in [-0.1, -0.05) is 6.07 Å². The van der Waals surface area contributed by atoms with E-state index in [1.54, 1.807) is 0 Å². The minimum absolute atomic E-state index is 0.101. The topological polar surface area (TPSA) is 64.1 Å². The average molecular weight is 283 g/mol. The van der Waals surface area contributed by atoms with Crippen molar-refractivity contribution in [2.75, 3.05) is 0 Å². The van der Waals surface area contributed by atoms with Crippen molar-refractivity contribution in [2.45, 2.75) is 36.2 Å². The molecule has 0 aliphatic carbocycles. The van der Waals surface area contributed by atoms with Crippen LogP contribution in [0, 0.1) is 11.9 Å². The monoisotopic (exact) mass is 283 g/mol. The summed E-state index contributed by atoms with van der Waals surface area (Å²) in [5.41, 5.74) is 0.101. The first-order valence-corrected chi connectivity index (χ1v) is 7.99. The van der Waals surface area contributed by atoms with Gasteiger partial charge in [0.2, 0.25) is 5.95 Å². The van der Waals surface area contributed by atoms with Crippen molar-refractivity contribution in [2.24, 2.45) is 5.92 Å². The van der Waals surface area contributed by atoms with Gasteiger partial charge in [0.25, 0.3) is 0 Å². The van der Waals surface area contributed by atoms with Gasteiger partial charge in [0.15, 0.2) is 15.6 Å². The van der Waals surface area contributed by atoms with Gasteiger partial charge >= 0.3 is 0 Å². The van der Waals surface area contributed by atoms with Gasteiger partial charge in [0.1, 0.15) is 5.69 Å². The normalized spacial score (nSPS) is 32.2. The molecular weight excluding hydrogens is 269 g/mol. The molecule has 3 heterocycles. The summed E-state index contributed by atoms with van der Waals surface area (Å²) in [5, 5.41) is -0.789. The summed E-state index contributed by atoms with van der Waals surface area (Å²) in [7, 11) is -3.03. The zero-order chi connectivity index (χ0) is 13.6. The fourth-order valence-corrected chi connectivity index (χ4v) is 5.65. The van der Waals surface area contributed by atoms with E-state index in [9.17, 15) is 17.6 Å². The molecule has 0 saturated carbocycles. The molecular formula is C13H14FNO3S. The van der Waals surface area contributed by atoms with E-state index in [-0.39, 0.29) is 17.4 Å². The first-order valence-electron chi connectivity index (χ1n) is 6.38. The van der Waals surface area contributed by atoms with Crippen molar-refractivity contribution in [1.82, 2.24) is 4.98 Å². The van der Waals surface area contributed by atoms with Gasteiger partial charge < -0.3 is 0 Å². The number of pyridine rings is 1. The summed E-state index contributed by atoms with van der Waals surface area (Å²) in [5.74, 6) is -1.25. The lowest BCUT2D eigenvalue weighted by molar-refractivity contribution is 0.0899. The van der Waals surface area contributed by atoms with Gasteiger partial charge in [-0.15, -0.1) is 0 Å². The Balaban J connectivity index is 1.84. The third-order valence-corrected chi connectivity index (χ3v) is 6.89. The molecule has 0 aromatic carbocycles. The third-order valence-electron chi connectivity index (χ3n) is 4.17. The molecule has 1 aromatic rings. The number of aromatic nitrogens is 1. The minimum atomic E-state index is -3.03. The van der Waals surface area contributed by atoms with E-state index in [1.165, 1.54) is 18.2 Å². The van der Waals surface area contributed by atoms with Crippen LogP contribution in [0.3, 0.4) is 0 Å². The predicted octanol–water partition coefficient (Wildman–Crippen LogP) is 1.76. The van der Waals surface area contributed by atoms with Crippen LogP contribution in [0.4, 0.5) is 4.39 Å². The van der Waals surface area contributed by atoms with Gasteiger partial charge in [-0.05, 0) is 37.8 Å². The summed E-state index contributed by atoms with van der Waals surface area (Å²) in [6.45, 7) is 0. The largest absolute Gasteiger partial charge is 0.292 e. The second-order valence-electron chi connectivity index (χ2n) is 5.29. The molecule has 2 unspecified atom stereocenters. The number of carbonyl (C=O) groups is 1. The number of nitrogens with zero attached hydrogens (tertiary/aromatic N) is 1. The van der Waals surface area contributed by atoms with Crippen LogP contribution < -0.4 is 0 Å². The van der Waals surface area contributed by atoms with Gasteiger partial charge in [0, 0.05) is 5.92 Å². The Bertz CT molecular complexity index is 609. The fraction of sp³-hybridized carbons (Fsp3) is 0.538. The highest BCUT2D eigenvalue weighted by molar-refractivity contribution is 7.93. The van der Waals surface area contributed by atoms with Gasteiger partial charge in [-0.25, -0.2) is 13.4 Å². The van der Waals surface area contributed by atoms with Crippen LogP contribution >= 0.6 is 0 Å². The molecule has 2 aliphatic rings. The van der Waals surface area contributed by atoms with E-state index in [4.69, 9.17) is 0 Å². The van der Waals surface area contributed by atoms with E-state index >= 15 is 0 Å². The van der Waals surface area contributed by atoms with E-state index in [2.05, 4.69) is 4.98 Å². The maximum atomic E-state index is 13.0. The van der Waals surface area contributed by atoms with E-state index < -0.39 is 26.3 Å². The lowest BCUT2D eigenvalue weighted by atomic mass is 9.92. The molecule has 4 nitrogen and oxygen atoms in total. The smallest absolute Gasteiger partial charge is 0.213 e. The molecule has 102 valence electrons. The molecule has 1 aromatic heterocycles. The van der Waals surface area contributed by atoms with E-state index in [1.807, 2.05) is 0 Å². The second-order valence-corrected chi connectivity index (χ2v) is 7.80. The molecule has 3 rings (SSSR count). The molecule has 2 bridgehead atoms. The second kappa shape index (κ2) is 4.37. The Kier molecular flexibility index (Phi) is 2.92. The highest BCUT2D eigenvalue weighted by Crippen LogP contribution is 2.41. The van der Waals surface area contributed by atoms with Crippen molar-refractivity contribution < 1.29 is 17.6 Å². The molecule has 0 amide bonds. The summed E-state index contributed by atoms with van der Waals surface area (Å²) in [4.78, 5) is 15.8. The number of fused-ring (bicyclic) bond motifs is 2. The molecule has 2 saturated heterocycles. The van der Waals surface area contributed by atoms with Crippen LogP contribution in [-0.2, 0) is 9.84 Å². The molecule has 2 atom stereocenters. The Morgan fingerprint density at radius 1 is 1.21 bits per heavy atom. The van der Waals surface area contributed by atoms with Crippen LogP contribution in [0.15, 0.2) is 18.2 Å². The molecule has 0 N–H and O–H groups in total. The Hall–Kier alpha value is -1.30. The van der Waals surface area contributed by atoms with Crippen LogP contribution in [0.5, 0.6) is 0 Å². The van der Waals surface area contributed by atoms with Crippen LogP contribution in [0.2, 0.25) is 0 Å². The first-order chi connectivity index (χ1) is 8.98. The van der Waals surface area contributed by atoms with E-state index in [0.717, 1.165) is 0 Å². The summed E-state index contributed by atoms with van der Waals surface area (Å²) < 4.78 is 36.9. The molecule has 0 radical (unpaired) electrons. The fourth-order valence-electron chi connectivity index (χ4n) is 3.18. The Morgan fingerprint density at radius 3 is 2.42 bits per heavy atom. The van der Waals surface area contributed by atoms with E-state index in [0.29, 0.717) is 25.7 Å². The number of Topliss-reactive ketones (excluding diaryl/α,β-unsaturated/α-hetero) is 1. The maximum absolute atomic E-state index is 13.0. The molecule has 2 aliphatic heterocycles. The molecule has 0 spiro atoms. The maximum Gasteiger partial charge on any atom is 0.213 e. The number of ketones is 1. The number of rotatable bonds is 2. The minimum Gasteiger partial charge on any atom is -0.292 e. The number of sulfone groups is 1. The zero-order valence-electron chi connectivity index (χ0n) is 10.3. The molecule has 2 fully saturated rings. The highest BCUT2D eigenvalue weighted by atomic mass is 32.2. The average Bonchev–Trinajstić information content (AvgIpc) is 2.58. The summed E-state index contributed by atoms with van der Waals surface area (Å²) in [6, 6.07) is 4.12. The molecule has 19 heavy (non-hydrogen) atoms. The van der Waals surface area contributed by atoms with Crippen molar-refractivity contribution in [3.05, 3.63) is 29.8 Å². The highest BCUT2D eigenvalue weighted by Gasteiger charge is 2.48. The standard InChI is InChI=1S/C13H14FNO3S/c14-12-3-1-2-11(15-12)13(16)8-6-9-4-5-10(7-8)19(9,17)18/h1-3,8-10H,4-7H2. The zero-order valence-corrected chi connectivity index (χ0v) is 11.1. The lowest BCUT2D eigenvalue weighted by Gasteiger charge is -2.26.